The van der Waals surface area contributed by atoms with Crippen LogP contribution in [0.25, 0.3) is 0 Å². The van der Waals surface area contributed by atoms with Crippen LogP contribution in [0.4, 0.5) is 4.79 Å². The molecule has 0 aliphatic rings. The number of hydrogen-bond donors (Lipinski definition) is 2. The highest BCUT2D eigenvalue weighted by Crippen LogP contribution is 2.45. The highest BCUT2D eigenvalue weighted by molar-refractivity contribution is 8.13. The molecule has 1 aromatic rings. The minimum Gasteiger partial charge on any atom is -0.507 e. The van der Waals surface area contributed by atoms with Crippen molar-refractivity contribution >= 4 is 40.2 Å². The van der Waals surface area contributed by atoms with Gasteiger partial charge in [-0.1, -0.05) is 23.2 Å². The minimum absolute atomic E-state index is 0.0582. The summed E-state index contributed by atoms with van der Waals surface area (Å²) in [5.41, 5.74) is 0. The molecule has 0 bridgehead atoms. The van der Waals surface area contributed by atoms with E-state index in [1.54, 1.807) is 4.90 Å². The lowest BCUT2D eigenvalue weighted by Crippen LogP contribution is -2.26. The largest absolute Gasteiger partial charge is 0.507 e. The van der Waals surface area contributed by atoms with E-state index in [0.29, 0.717) is 13.1 Å². The summed E-state index contributed by atoms with van der Waals surface area (Å²) in [6.07, 6.45) is 0. The molecule has 0 heterocycles. The molecule has 100 valence electrons. The third kappa shape index (κ3) is 3.16. The number of carbonyl (C=O) groups is 1. The third-order valence-corrected chi connectivity index (χ3v) is 4.16. The summed E-state index contributed by atoms with van der Waals surface area (Å²) >= 11 is 12.3. The van der Waals surface area contributed by atoms with Crippen LogP contribution in [0.2, 0.25) is 10.0 Å². The lowest BCUT2D eigenvalue weighted by molar-refractivity contribution is 0.228. The van der Waals surface area contributed by atoms with Crippen LogP contribution < -0.4 is 0 Å². The monoisotopic (exact) mass is 309 g/mol. The molecule has 18 heavy (non-hydrogen) atoms. The van der Waals surface area contributed by atoms with Gasteiger partial charge in [-0.05, 0) is 25.6 Å². The predicted molar refractivity (Wildman–Crippen MR) is 74.0 cm³/mol. The lowest BCUT2D eigenvalue weighted by atomic mass is 10.3. The van der Waals surface area contributed by atoms with Gasteiger partial charge in [-0.15, -0.1) is 0 Å². The van der Waals surface area contributed by atoms with Crippen molar-refractivity contribution in [3.63, 3.8) is 0 Å². The molecule has 2 N–H and O–H groups in total. The van der Waals surface area contributed by atoms with Gasteiger partial charge in [0.2, 0.25) is 0 Å². The molecular weight excluding hydrogens is 297 g/mol. The van der Waals surface area contributed by atoms with Crippen molar-refractivity contribution in [1.29, 1.82) is 0 Å². The molecule has 0 atom stereocenters. The first kappa shape index (κ1) is 15.3. The van der Waals surface area contributed by atoms with Crippen LogP contribution in [-0.4, -0.2) is 33.4 Å². The molecule has 1 rings (SSSR count). The molecular formula is C11H13Cl2NO3S. The Morgan fingerprint density at radius 3 is 2.39 bits per heavy atom. The van der Waals surface area contributed by atoms with Crippen LogP contribution >= 0.6 is 35.0 Å². The minimum atomic E-state index is -0.342. The Bertz CT molecular complexity index is 464. The number of phenolic OH excluding ortho intramolecular Hbond substituents is 2. The van der Waals surface area contributed by atoms with Gasteiger partial charge < -0.3 is 15.1 Å². The molecule has 0 aliphatic heterocycles. The Balaban J connectivity index is 3.05. The molecule has 0 saturated carbocycles. The zero-order valence-corrected chi connectivity index (χ0v) is 12.2. The molecule has 0 aromatic heterocycles. The lowest BCUT2D eigenvalue weighted by Gasteiger charge is -2.18. The van der Waals surface area contributed by atoms with Gasteiger partial charge in [0.15, 0.2) is 5.75 Å². The number of nitrogens with zero attached hydrogens (tertiary/aromatic N) is 1. The van der Waals surface area contributed by atoms with Crippen molar-refractivity contribution in [2.24, 2.45) is 0 Å². The molecule has 1 aromatic carbocycles. The van der Waals surface area contributed by atoms with E-state index in [4.69, 9.17) is 23.2 Å². The van der Waals surface area contributed by atoms with Gasteiger partial charge in [0.25, 0.3) is 5.24 Å². The van der Waals surface area contributed by atoms with E-state index < -0.39 is 0 Å². The van der Waals surface area contributed by atoms with E-state index in [9.17, 15) is 15.0 Å². The normalized spacial score (nSPS) is 10.4. The number of hydrogen-bond acceptors (Lipinski definition) is 4. The predicted octanol–water partition coefficient (Wildman–Crippen LogP) is 3.96. The number of aromatic hydroxyl groups is 2. The quantitative estimate of drug-likeness (QED) is 0.655. The molecule has 0 unspecified atom stereocenters. The Labute approximate surface area is 119 Å². The second kappa shape index (κ2) is 6.41. The molecule has 0 saturated heterocycles. The van der Waals surface area contributed by atoms with Crippen molar-refractivity contribution in [2.45, 2.75) is 18.7 Å². The first-order valence-electron chi connectivity index (χ1n) is 5.29. The van der Waals surface area contributed by atoms with E-state index in [1.807, 2.05) is 13.8 Å². The van der Waals surface area contributed by atoms with Crippen molar-refractivity contribution < 1.29 is 15.0 Å². The molecule has 7 heteroatoms. The van der Waals surface area contributed by atoms with Crippen LogP contribution in [0, 0.1) is 0 Å². The molecule has 0 spiro atoms. The molecule has 4 nitrogen and oxygen atoms in total. The van der Waals surface area contributed by atoms with Crippen molar-refractivity contribution in [1.82, 2.24) is 4.90 Å². The summed E-state index contributed by atoms with van der Waals surface area (Å²) in [4.78, 5) is 13.6. The number of halogens is 2. The van der Waals surface area contributed by atoms with Crippen LogP contribution in [-0.2, 0) is 0 Å². The zero-order chi connectivity index (χ0) is 13.9. The number of rotatable bonds is 3. The van der Waals surface area contributed by atoms with Crippen LogP contribution in [0.1, 0.15) is 13.8 Å². The highest BCUT2D eigenvalue weighted by Gasteiger charge is 2.20. The molecule has 1 amide bonds. The van der Waals surface area contributed by atoms with Gasteiger partial charge in [-0.3, -0.25) is 4.79 Å². The summed E-state index contributed by atoms with van der Waals surface area (Å²) in [5.74, 6) is -0.570. The van der Waals surface area contributed by atoms with Gasteiger partial charge in [-0.2, -0.15) is 0 Å². The van der Waals surface area contributed by atoms with Crippen LogP contribution in [0.5, 0.6) is 11.5 Å². The Morgan fingerprint density at radius 1 is 1.33 bits per heavy atom. The molecule has 0 aliphatic carbocycles. The Hall–Kier alpha value is -0.780. The highest BCUT2D eigenvalue weighted by atomic mass is 35.5. The summed E-state index contributed by atoms with van der Waals surface area (Å²) in [7, 11) is 0. The number of carbonyl (C=O) groups excluding carboxylic acids is 1. The standard InChI is InChI=1S/C11H13Cl2NO3S/c1-3-14(4-2)11(17)18-10-7(15)5-6(12)9(16)8(10)13/h5,15-16H,3-4H2,1-2H3. The van der Waals surface area contributed by atoms with Gasteiger partial charge in [0.1, 0.15) is 10.8 Å². The molecule has 0 radical (unpaired) electrons. The number of benzene rings is 1. The smallest absolute Gasteiger partial charge is 0.286 e. The van der Waals surface area contributed by atoms with E-state index in [2.05, 4.69) is 0 Å². The maximum atomic E-state index is 11.9. The van der Waals surface area contributed by atoms with Crippen molar-refractivity contribution in [2.75, 3.05) is 13.1 Å². The summed E-state index contributed by atoms with van der Waals surface area (Å²) in [6.45, 7) is 4.81. The summed E-state index contributed by atoms with van der Waals surface area (Å²) in [6, 6.07) is 1.15. The maximum Gasteiger partial charge on any atom is 0.286 e. The van der Waals surface area contributed by atoms with E-state index >= 15 is 0 Å². The topological polar surface area (TPSA) is 60.8 Å². The second-order valence-electron chi connectivity index (χ2n) is 3.41. The second-order valence-corrected chi connectivity index (χ2v) is 5.16. The molecule has 0 fully saturated rings. The average molecular weight is 310 g/mol. The SMILES string of the molecule is CCN(CC)C(=O)Sc1c(O)cc(Cl)c(O)c1Cl. The Morgan fingerprint density at radius 2 is 1.89 bits per heavy atom. The number of thioether (sulfide) groups is 1. The zero-order valence-electron chi connectivity index (χ0n) is 9.91. The fraction of sp³-hybridized carbons (Fsp3) is 0.364. The van der Waals surface area contributed by atoms with Crippen LogP contribution in [0.3, 0.4) is 0 Å². The van der Waals surface area contributed by atoms with E-state index in [0.717, 1.165) is 17.8 Å². The first-order valence-corrected chi connectivity index (χ1v) is 6.86. The fourth-order valence-corrected chi connectivity index (χ4v) is 2.78. The fourth-order valence-electron chi connectivity index (χ4n) is 1.31. The first-order chi connectivity index (χ1) is 8.42. The third-order valence-electron chi connectivity index (χ3n) is 2.34. The van der Waals surface area contributed by atoms with Gasteiger partial charge >= 0.3 is 0 Å². The number of amides is 1. The van der Waals surface area contributed by atoms with Gasteiger partial charge in [0.05, 0.1) is 9.92 Å². The summed E-state index contributed by atoms with van der Waals surface area (Å²) < 4.78 is 0. The van der Waals surface area contributed by atoms with Crippen molar-refractivity contribution in [3.05, 3.63) is 16.1 Å². The van der Waals surface area contributed by atoms with Gasteiger partial charge in [-0.25, -0.2) is 0 Å². The number of phenols is 2. The Kier molecular flexibility index (Phi) is 5.44. The van der Waals surface area contributed by atoms with Crippen LogP contribution in [0.15, 0.2) is 11.0 Å². The van der Waals surface area contributed by atoms with E-state index in [1.165, 1.54) is 0 Å². The summed E-state index contributed by atoms with van der Waals surface area (Å²) in [5, 5.41) is 18.8. The van der Waals surface area contributed by atoms with Crippen molar-refractivity contribution in [3.8, 4) is 11.5 Å². The average Bonchev–Trinajstić information content (AvgIpc) is 2.33. The maximum absolute atomic E-state index is 11.9. The van der Waals surface area contributed by atoms with Gasteiger partial charge in [0, 0.05) is 19.2 Å². The van der Waals surface area contributed by atoms with E-state index in [-0.39, 0.29) is 31.7 Å².